The third-order valence-electron chi connectivity index (χ3n) is 4.38. The standard InChI is InChI=1S/C21H20N4O2/c1-13-8-14(2)19(15(3)9-13)23-18-12-25(21(27)24-20(18)26)11-17-6-4-16(10-22)5-7-17/h4-9,12,23H,11H2,1-3H3,(H,24,26,27). The van der Waals surface area contributed by atoms with Crippen LogP contribution in [0.2, 0.25) is 0 Å². The lowest BCUT2D eigenvalue weighted by atomic mass is 10.1. The number of aryl methyl sites for hydroxylation is 3. The van der Waals surface area contributed by atoms with Gasteiger partial charge in [-0.2, -0.15) is 5.26 Å². The number of hydrogen-bond donors (Lipinski definition) is 2. The Labute approximate surface area is 156 Å². The highest BCUT2D eigenvalue weighted by Gasteiger charge is 2.09. The SMILES string of the molecule is Cc1cc(C)c(Nc2cn(Cc3ccc(C#N)cc3)c(=O)[nH]c2=O)c(C)c1. The van der Waals surface area contributed by atoms with E-state index in [2.05, 4.69) is 16.4 Å². The van der Waals surface area contributed by atoms with E-state index in [0.29, 0.717) is 17.8 Å². The van der Waals surface area contributed by atoms with Gasteiger partial charge in [0.15, 0.2) is 0 Å². The highest BCUT2D eigenvalue weighted by Crippen LogP contribution is 2.24. The Morgan fingerprint density at radius 1 is 1.07 bits per heavy atom. The number of hydrogen-bond acceptors (Lipinski definition) is 4. The Hall–Kier alpha value is -3.59. The quantitative estimate of drug-likeness (QED) is 0.748. The van der Waals surface area contributed by atoms with E-state index in [1.165, 1.54) is 10.8 Å². The highest BCUT2D eigenvalue weighted by molar-refractivity contribution is 5.66. The first kappa shape index (κ1) is 18.2. The van der Waals surface area contributed by atoms with Crippen molar-refractivity contribution < 1.29 is 0 Å². The van der Waals surface area contributed by atoms with Crippen LogP contribution in [0.15, 0.2) is 52.2 Å². The molecule has 0 saturated carbocycles. The molecular weight excluding hydrogens is 340 g/mol. The molecule has 2 N–H and O–H groups in total. The normalized spacial score (nSPS) is 10.4. The molecule has 0 aliphatic heterocycles. The van der Waals surface area contributed by atoms with Crippen molar-refractivity contribution in [2.24, 2.45) is 0 Å². The molecule has 0 fully saturated rings. The summed E-state index contributed by atoms with van der Waals surface area (Å²) in [6.45, 7) is 6.27. The van der Waals surface area contributed by atoms with Crippen LogP contribution in [-0.2, 0) is 6.54 Å². The average molecular weight is 360 g/mol. The van der Waals surface area contributed by atoms with Crippen LogP contribution in [-0.4, -0.2) is 9.55 Å². The van der Waals surface area contributed by atoms with Crippen molar-refractivity contribution in [1.82, 2.24) is 9.55 Å². The summed E-state index contributed by atoms with van der Waals surface area (Å²) in [4.78, 5) is 26.8. The maximum Gasteiger partial charge on any atom is 0.328 e. The Morgan fingerprint density at radius 2 is 1.70 bits per heavy atom. The lowest BCUT2D eigenvalue weighted by molar-refractivity contribution is 0.723. The van der Waals surface area contributed by atoms with Gasteiger partial charge in [0.05, 0.1) is 18.2 Å². The van der Waals surface area contributed by atoms with Gasteiger partial charge in [0.2, 0.25) is 0 Å². The predicted molar refractivity (Wildman–Crippen MR) is 106 cm³/mol. The van der Waals surface area contributed by atoms with E-state index in [9.17, 15) is 9.59 Å². The molecule has 0 radical (unpaired) electrons. The monoisotopic (exact) mass is 360 g/mol. The first-order valence-electron chi connectivity index (χ1n) is 8.55. The maximum absolute atomic E-state index is 12.3. The molecule has 136 valence electrons. The van der Waals surface area contributed by atoms with Crippen LogP contribution in [0.4, 0.5) is 11.4 Å². The van der Waals surface area contributed by atoms with Crippen molar-refractivity contribution in [3.8, 4) is 6.07 Å². The summed E-state index contributed by atoms with van der Waals surface area (Å²) >= 11 is 0. The minimum absolute atomic E-state index is 0.294. The van der Waals surface area contributed by atoms with Crippen LogP contribution in [0.25, 0.3) is 0 Å². The molecule has 1 heterocycles. The van der Waals surface area contributed by atoms with Gasteiger partial charge >= 0.3 is 5.69 Å². The van der Waals surface area contributed by atoms with Gasteiger partial charge in [-0.25, -0.2) is 4.79 Å². The zero-order chi connectivity index (χ0) is 19.6. The van der Waals surface area contributed by atoms with E-state index in [-0.39, 0.29) is 0 Å². The summed E-state index contributed by atoms with van der Waals surface area (Å²) < 4.78 is 1.43. The van der Waals surface area contributed by atoms with Crippen LogP contribution < -0.4 is 16.6 Å². The summed E-state index contributed by atoms with van der Waals surface area (Å²) in [5.74, 6) is 0. The lowest BCUT2D eigenvalue weighted by Gasteiger charge is -2.14. The molecule has 0 amide bonds. The zero-order valence-electron chi connectivity index (χ0n) is 15.5. The van der Waals surface area contributed by atoms with Crippen LogP contribution >= 0.6 is 0 Å². The molecule has 0 bridgehead atoms. The molecule has 2 aromatic carbocycles. The maximum atomic E-state index is 12.3. The van der Waals surface area contributed by atoms with Crippen LogP contribution in [0.1, 0.15) is 27.8 Å². The largest absolute Gasteiger partial charge is 0.349 e. The van der Waals surface area contributed by atoms with Gasteiger partial charge in [-0.15, -0.1) is 0 Å². The second-order valence-corrected chi connectivity index (χ2v) is 6.64. The zero-order valence-corrected chi connectivity index (χ0v) is 15.5. The smallest absolute Gasteiger partial charge is 0.328 e. The molecule has 3 aromatic rings. The van der Waals surface area contributed by atoms with E-state index < -0.39 is 11.2 Å². The van der Waals surface area contributed by atoms with Gasteiger partial charge < -0.3 is 5.32 Å². The summed E-state index contributed by atoms with van der Waals surface area (Å²) in [7, 11) is 0. The number of nitrogens with zero attached hydrogens (tertiary/aromatic N) is 2. The molecule has 6 heteroatoms. The van der Waals surface area contributed by atoms with Crippen molar-refractivity contribution in [3.05, 3.63) is 91.3 Å². The molecule has 6 nitrogen and oxygen atoms in total. The lowest BCUT2D eigenvalue weighted by Crippen LogP contribution is -2.31. The molecule has 0 saturated heterocycles. The summed E-state index contributed by atoms with van der Waals surface area (Å²) in [5, 5.41) is 12.0. The van der Waals surface area contributed by atoms with Crippen LogP contribution in [0.5, 0.6) is 0 Å². The minimum Gasteiger partial charge on any atom is -0.349 e. The number of nitrogens with one attached hydrogen (secondary N) is 2. The van der Waals surface area contributed by atoms with Crippen molar-refractivity contribution in [3.63, 3.8) is 0 Å². The number of rotatable bonds is 4. The summed E-state index contributed by atoms with van der Waals surface area (Å²) in [6, 6.07) is 13.1. The molecule has 0 unspecified atom stereocenters. The molecule has 27 heavy (non-hydrogen) atoms. The Kier molecular flexibility index (Phi) is 4.95. The fourth-order valence-corrected chi connectivity index (χ4v) is 3.11. The van der Waals surface area contributed by atoms with E-state index in [0.717, 1.165) is 27.9 Å². The molecule has 0 atom stereocenters. The minimum atomic E-state index is -0.479. The number of anilines is 2. The topological polar surface area (TPSA) is 90.7 Å². The highest BCUT2D eigenvalue weighted by atomic mass is 16.2. The average Bonchev–Trinajstić information content (AvgIpc) is 2.62. The molecule has 0 spiro atoms. The van der Waals surface area contributed by atoms with Crippen molar-refractivity contribution in [1.29, 1.82) is 5.26 Å². The summed E-state index contributed by atoms with van der Waals surface area (Å²) in [6.07, 6.45) is 1.53. The van der Waals surface area contributed by atoms with Gasteiger partial charge in [-0.1, -0.05) is 29.8 Å². The second-order valence-electron chi connectivity index (χ2n) is 6.64. The van der Waals surface area contributed by atoms with Crippen LogP contribution in [0, 0.1) is 32.1 Å². The van der Waals surface area contributed by atoms with E-state index in [4.69, 9.17) is 5.26 Å². The molecule has 3 rings (SSSR count). The van der Waals surface area contributed by atoms with Crippen molar-refractivity contribution in [2.45, 2.75) is 27.3 Å². The predicted octanol–water partition coefficient (Wildman–Crippen LogP) is 3.13. The van der Waals surface area contributed by atoms with Gasteiger partial charge in [0.1, 0.15) is 5.69 Å². The molecule has 1 aromatic heterocycles. The molecule has 0 aliphatic rings. The molecule has 0 aliphatic carbocycles. The van der Waals surface area contributed by atoms with E-state index >= 15 is 0 Å². The fraction of sp³-hybridized carbons (Fsp3) is 0.190. The summed E-state index contributed by atoms with van der Waals surface area (Å²) in [5.41, 5.74) is 4.83. The molecular formula is C21H20N4O2. The third kappa shape index (κ3) is 3.98. The number of aromatic nitrogens is 2. The number of benzene rings is 2. The van der Waals surface area contributed by atoms with Gasteiger partial charge in [-0.3, -0.25) is 14.3 Å². The fourth-order valence-electron chi connectivity index (χ4n) is 3.11. The van der Waals surface area contributed by atoms with E-state index in [1.807, 2.05) is 32.9 Å². The van der Waals surface area contributed by atoms with Crippen molar-refractivity contribution in [2.75, 3.05) is 5.32 Å². The first-order chi connectivity index (χ1) is 12.9. The Bertz CT molecular complexity index is 1130. The number of nitriles is 1. The Balaban J connectivity index is 1.96. The third-order valence-corrected chi connectivity index (χ3v) is 4.38. The first-order valence-corrected chi connectivity index (χ1v) is 8.55. The second kappa shape index (κ2) is 7.34. The number of aromatic amines is 1. The van der Waals surface area contributed by atoms with Gasteiger partial charge in [0, 0.05) is 11.9 Å². The van der Waals surface area contributed by atoms with Crippen molar-refractivity contribution >= 4 is 11.4 Å². The Morgan fingerprint density at radius 3 is 2.30 bits per heavy atom. The van der Waals surface area contributed by atoms with Gasteiger partial charge in [-0.05, 0) is 49.6 Å². The number of H-pyrrole nitrogens is 1. The van der Waals surface area contributed by atoms with Gasteiger partial charge in [0.25, 0.3) is 5.56 Å². The van der Waals surface area contributed by atoms with E-state index in [1.54, 1.807) is 24.3 Å². The van der Waals surface area contributed by atoms with Crippen LogP contribution in [0.3, 0.4) is 0 Å².